The summed E-state index contributed by atoms with van der Waals surface area (Å²) in [6.07, 6.45) is 0.846. The lowest BCUT2D eigenvalue weighted by molar-refractivity contribution is 0.104. The summed E-state index contributed by atoms with van der Waals surface area (Å²) < 4.78 is 35.9. The molecule has 0 radical (unpaired) electrons. The quantitative estimate of drug-likeness (QED) is 0.584. The number of cyclic esters (lactones) is 1. The fourth-order valence-electron chi connectivity index (χ4n) is 4.25. The molecule has 0 aliphatic carbocycles. The smallest absolute Gasteiger partial charge is 0.410 e. The minimum atomic E-state index is -0.566. The van der Waals surface area contributed by atoms with Gasteiger partial charge in [0.1, 0.15) is 23.6 Å². The van der Waals surface area contributed by atoms with Gasteiger partial charge in [0.05, 0.1) is 18.3 Å². The van der Waals surface area contributed by atoms with E-state index in [4.69, 9.17) is 15.5 Å². The number of ether oxygens (including phenoxy) is 1. The standard InChI is InChI=1S/C25H28F2N4O2/c1-25(2,3)22(31-14-18(12-28)33-24(31)32)23-29-21(19-11-17(26)9-10-20(19)27)15-30(23)13-16-7-5-4-6-8-16/h4-11,15,18,22H,12-14,28H2,1-3H3/t18-,22?/m1/s1. The van der Waals surface area contributed by atoms with Crippen LogP contribution in [0.4, 0.5) is 13.6 Å². The van der Waals surface area contributed by atoms with Crippen molar-refractivity contribution in [2.45, 2.75) is 39.5 Å². The third-order valence-corrected chi connectivity index (χ3v) is 5.75. The van der Waals surface area contributed by atoms with Gasteiger partial charge in [-0.15, -0.1) is 0 Å². The third kappa shape index (κ3) is 4.75. The third-order valence-electron chi connectivity index (χ3n) is 5.75. The number of hydrogen-bond donors (Lipinski definition) is 1. The van der Waals surface area contributed by atoms with E-state index in [-0.39, 0.29) is 12.1 Å². The maximum absolute atomic E-state index is 14.6. The van der Waals surface area contributed by atoms with Gasteiger partial charge in [0.2, 0.25) is 0 Å². The monoisotopic (exact) mass is 454 g/mol. The molecule has 2 atom stereocenters. The summed E-state index contributed by atoms with van der Waals surface area (Å²) in [6, 6.07) is 12.6. The van der Waals surface area contributed by atoms with E-state index in [9.17, 15) is 13.6 Å². The van der Waals surface area contributed by atoms with Crippen molar-refractivity contribution in [1.29, 1.82) is 0 Å². The summed E-state index contributed by atoms with van der Waals surface area (Å²) >= 11 is 0. The molecule has 1 aliphatic heterocycles. The molecule has 2 heterocycles. The number of rotatable bonds is 6. The number of carbonyl (C=O) groups is 1. The van der Waals surface area contributed by atoms with E-state index < -0.39 is 35.3 Å². The van der Waals surface area contributed by atoms with E-state index in [1.165, 1.54) is 0 Å². The van der Waals surface area contributed by atoms with Crippen molar-refractivity contribution in [3.8, 4) is 11.3 Å². The molecule has 8 heteroatoms. The molecule has 0 saturated carbocycles. The molecule has 1 fully saturated rings. The maximum Gasteiger partial charge on any atom is 0.410 e. The Balaban J connectivity index is 1.85. The highest BCUT2D eigenvalue weighted by atomic mass is 19.1. The van der Waals surface area contributed by atoms with Crippen LogP contribution in [-0.2, 0) is 11.3 Å². The Kier molecular flexibility index (Phi) is 6.21. The number of hydrogen-bond acceptors (Lipinski definition) is 4. The second-order valence-electron chi connectivity index (χ2n) is 9.38. The normalized spacial score (nSPS) is 17.3. The fourth-order valence-corrected chi connectivity index (χ4v) is 4.25. The molecule has 0 spiro atoms. The van der Waals surface area contributed by atoms with Gasteiger partial charge >= 0.3 is 6.09 Å². The number of nitrogens with two attached hydrogens (primary N) is 1. The van der Waals surface area contributed by atoms with E-state index in [1.54, 1.807) is 11.1 Å². The highest BCUT2D eigenvalue weighted by Crippen LogP contribution is 2.41. The summed E-state index contributed by atoms with van der Waals surface area (Å²) in [6.45, 7) is 7.02. The Morgan fingerprint density at radius 1 is 1.18 bits per heavy atom. The van der Waals surface area contributed by atoms with Crippen molar-refractivity contribution in [3.63, 3.8) is 0 Å². The summed E-state index contributed by atoms with van der Waals surface area (Å²) in [4.78, 5) is 19.1. The molecule has 174 valence electrons. The van der Waals surface area contributed by atoms with Crippen LogP contribution >= 0.6 is 0 Å². The minimum absolute atomic E-state index is 0.0690. The largest absolute Gasteiger partial charge is 0.443 e. The van der Waals surface area contributed by atoms with Gasteiger partial charge in [-0.2, -0.15) is 0 Å². The molecule has 3 aromatic rings. The molecule has 0 bridgehead atoms. The predicted molar refractivity (Wildman–Crippen MR) is 121 cm³/mol. The number of amides is 1. The van der Waals surface area contributed by atoms with Crippen molar-refractivity contribution in [2.75, 3.05) is 13.1 Å². The molecular formula is C25H28F2N4O2. The number of halogens is 2. The number of nitrogens with zero attached hydrogens (tertiary/aromatic N) is 3. The van der Waals surface area contributed by atoms with E-state index in [1.807, 2.05) is 55.7 Å². The Labute approximate surface area is 192 Å². The van der Waals surface area contributed by atoms with Crippen molar-refractivity contribution in [1.82, 2.24) is 14.5 Å². The molecule has 2 aromatic carbocycles. The Morgan fingerprint density at radius 2 is 1.91 bits per heavy atom. The van der Waals surface area contributed by atoms with Crippen molar-refractivity contribution in [2.24, 2.45) is 11.1 Å². The molecule has 1 amide bonds. The first kappa shape index (κ1) is 22.9. The lowest BCUT2D eigenvalue weighted by Crippen LogP contribution is -2.40. The lowest BCUT2D eigenvalue weighted by atomic mass is 9.85. The maximum atomic E-state index is 14.6. The van der Waals surface area contributed by atoms with Crippen LogP contribution in [0.5, 0.6) is 0 Å². The van der Waals surface area contributed by atoms with Gasteiger partial charge in [0.15, 0.2) is 0 Å². The van der Waals surface area contributed by atoms with Gasteiger partial charge in [-0.25, -0.2) is 18.6 Å². The molecule has 4 rings (SSSR count). The van der Waals surface area contributed by atoms with E-state index in [0.29, 0.717) is 24.6 Å². The van der Waals surface area contributed by atoms with Gasteiger partial charge in [0, 0.05) is 24.8 Å². The number of carbonyl (C=O) groups excluding carboxylic acids is 1. The number of aromatic nitrogens is 2. The van der Waals surface area contributed by atoms with Crippen LogP contribution in [0.15, 0.2) is 54.7 Å². The molecule has 2 N–H and O–H groups in total. The molecule has 1 aliphatic rings. The SMILES string of the molecule is CC(C)(C)C(c1nc(-c2cc(F)ccc2F)cn1Cc1ccccc1)N1C[C@@H](CN)OC1=O. The number of benzene rings is 2. The zero-order valence-electron chi connectivity index (χ0n) is 19.0. The molecule has 6 nitrogen and oxygen atoms in total. The van der Waals surface area contributed by atoms with E-state index in [0.717, 1.165) is 23.8 Å². The second kappa shape index (κ2) is 8.94. The summed E-state index contributed by atoms with van der Waals surface area (Å²) in [5.41, 5.74) is 6.70. The zero-order valence-corrected chi connectivity index (χ0v) is 19.0. The molecule has 1 unspecified atom stereocenters. The fraction of sp³-hybridized carbons (Fsp3) is 0.360. The highest BCUT2D eigenvalue weighted by molar-refractivity contribution is 5.71. The Hall–Kier alpha value is -3.26. The first-order valence-corrected chi connectivity index (χ1v) is 10.9. The number of imidazole rings is 1. The average molecular weight is 455 g/mol. The van der Waals surface area contributed by atoms with E-state index >= 15 is 0 Å². The first-order valence-electron chi connectivity index (χ1n) is 10.9. The van der Waals surface area contributed by atoms with Crippen LogP contribution in [0.3, 0.4) is 0 Å². The van der Waals surface area contributed by atoms with Crippen LogP contribution in [0.1, 0.15) is 38.2 Å². The predicted octanol–water partition coefficient (Wildman–Crippen LogP) is 4.74. The summed E-state index contributed by atoms with van der Waals surface area (Å²) in [7, 11) is 0. The summed E-state index contributed by atoms with van der Waals surface area (Å²) in [5, 5.41) is 0. The Bertz CT molecular complexity index is 1140. The van der Waals surface area contributed by atoms with Crippen molar-refractivity contribution >= 4 is 6.09 Å². The van der Waals surface area contributed by atoms with E-state index in [2.05, 4.69) is 0 Å². The molecule has 1 saturated heterocycles. The van der Waals surface area contributed by atoms with Gasteiger partial charge in [-0.3, -0.25) is 4.90 Å². The second-order valence-corrected chi connectivity index (χ2v) is 9.38. The Morgan fingerprint density at radius 3 is 2.55 bits per heavy atom. The van der Waals surface area contributed by atoms with Crippen molar-refractivity contribution < 1.29 is 18.3 Å². The van der Waals surface area contributed by atoms with Gasteiger partial charge in [0.25, 0.3) is 0 Å². The topological polar surface area (TPSA) is 73.4 Å². The van der Waals surface area contributed by atoms with Gasteiger partial charge in [-0.1, -0.05) is 51.1 Å². The van der Waals surface area contributed by atoms with Gasteiger partial charge < -0.3 is 15.0 Å². The molecule has 33 heavy (non-hydrogen) atoms. The van der Waals surface area contributed by atoms with Crippen LogP contribution in [0.25, 0.3) is 11.3 Å². The zero-order chi connectivity index (χ0) is 23.8. The first-order chi connectivity index (χ1) is 15.7. The van der Waals surface area contributed by atoms with Gasteiger partial charge in [-0.05, 0) is 29.2 Å². The highest BCUT2D eigenvalue weighted by Gasteiger charge is 2.44. The van der Waals surface area contributed by atoms with Crippen LogP contribution in [0.2, 0.25) is 0 Å². The van der Waals surface area contributed by atoms with Crippen LogP contribution < -0.4 is 5.73 Å². The van der Waals surface area contributed by atoms with Crippen LogP contribution in [-0.4, -0.2) is 39.7 Å². The molecular weight excluding hydrogens is 426 g/mol. The summed E-state index contributed by atoms with van der Waals surface area (Å²) in [5.74, 6) is -0.546. The lowest BCUT2D eigenvalue weighted by Gasteiger charge is -2.36. The molecule has 1 aromatic heterocycles. The average Bonchev–Trinajstić information content (AvgIpc) is 3.33. The minimum Gasteiger partial charge on any atom is -0.443 e. The van der Waals surface area contributed by atoms with Crippen LogP contribution in [0, 0.1) is 17.0 Å². The van der Waals surface area contributed by atoms with Crippen molar-refractivity contribution in [3.05, 3.63) is 77.8 Å².